The lowest BCUT2D eigenvalue weighted by atomic mass is 10.1. The van der Waals surface area contributed by atoms with Gasteiger partial charge in [0.05, 0.1) is 0 Å². The minimum absolute atomic E-state index is 0.0173. The fraction of sp³-hybridized carbons (Fsp3) is 0.238. The summed E-state index contributed by atoms with van der Waals surface area (Å²) in [6.07, 6.45) is 0.397. The topological polar surface area (TPSA) is 75.2 Å². The van der Waals surface area contributed by atoms with Crippen LogP contribution in [0.4, 0.5) is 10.8 Å². The normalized spacial score (nSPS) is 16.4. The number of rotatable bonds is 4. The van der Waals surface area contributed by atoms with Crippen molar-refractivity contribution in [2.24, 2.45) is 0 Å². The van der Waals surface area contributed by atoms with Gasteiger partial charge in [0.1, 0.15) is 5.01 Å². The lowest BCUT2D eigenvalue weighted by molar-refractivity contribution is -0.117. The van der Waals surface area contributed by atoms with E-state index in [0.29, 0.717) is 23.7 Å². The Bertz CT molecular complexity index is 1010. The first kappa shape index (κ1) is 18.3. The molecule has 1 saturated heterocycles. The molecule has 7 heteroatoms. The zero-order valence-electron chi connectivity index (χ0n) is 15.7. The molecule has 142 valence electrons. The monoisotopic (exact) mass is 392 g/mol. The van der Waals surface area contributed by atoms with Gasteiger partial charge in [-0.25, -0.2) is 0 Å². The molecule has 1 aliphatic rings. The number of amides is 2. The lowest BCUT2D eigenvalue weighted by Crippen LogP contribution is -2.24. The number of nitrogens with one attached hydrogen (secondary N) is 1. The smallest absolute Gasteiger partial charge is 0.257 e. The van der Waals surface area contributed by atoms with Crippen molar-refractivity contribution < 1.29 is 9.59 Å². The highest BCUT2D eigenvalue weighted by Crippen LogP contribution is 2.34. The van der Waals surface area contributed by atoms with Crippen LogP contribution in [-0.2, 0) is 4.79 Å². The molecule has 1 aromatic heterocycles. The van der Waals surface area contributed by atoms with Crippen LogP contribution in [0, 0.1) is 13.8 Å². The Morgan fingerprint density at radius 2 is 1.68 bits per heavy atom. The quantitative estimate of drug-likeness (QED) is 0.730. The van der Waals surface area contributed by atoms with Gasteiger partial charge in [0, 0.05) is 30.1 Å². The van der Waals surface area contributed by atoms with E-state index in [0.717, 1.165) is 21.8 Å². The summed E-state index contributed by atoms with van der Waals surface area (Å²) in [6, 6.07) is 15.3. The second kappa shape index (κ2) is 7.52. The van der Waals surface area contributed by atoms with E-state index in [-0.39, 0.29) is 17.7 Å². The molecule has 1 fully saturated rings. The molecule has 2 heterocycles. The first-order chi connectivity index (χ1) is 13.5. The van der Waals surface area contributed by atoms with E-state index in [1.807, 2.05) is 50.2 Å². The van der Waals surface area contributed by atoms with Gasteiger partial charge >= 0.3 is 0 Å². The molecule has 1 aliphatic heterocycles. The van der Waals surface area contributed by atoms with Gasteiger partial charge in [-0.3, -0.25) is 14.9 Å². The van der Waals surface area contributed by atoms with Crippen LogP contribution in [0.5, 0.6) is 0 Å². The predicted molar refractivity (Wildman–Crippen MR) is 110 cm³/mol. The van der Waals surface area contributed by atoms with Crippen molar-refractivity contribution in [3.63, 3.8) is 0 Å². The molecule has 0 spiro atoms. The number of hydrogen-bond acceptors (Lipinski definition) is 5. The molecule has 6 nitrogen and oxygen atoms in total. The summed E-state index contributed by atoms with van der Waals surface area (Å²) in [5, 5.41) is 12.3. The summed E-state index contributed by atoms with van der Waals surface area (Å²) in [7, 11) is 0. The molecule has 3 aromatic rings. The molecular weight excluding hydrogens is 372 g/mol. The number of carbonyl (C=O) groups is 2. The fourth-order valence-corrected chi connectivity index (χ4v) is 4.00. The molecule has 2 aromatic carbocycles. The van der Waals surface area contributed by atoms with Crippen LogP contribution >= 0.6 is 11.3 Å². The highest BCUT2D eigenvalue weighted by Gasteiger charge is 2.34. The fourth-order valence-electron chi connectivity index (χ4n) is 3.17. The summed E-state index contributed by atoms with van der Waals surface area (Å²) in [6.45, 7) is 4.57. The molecule has 0 saturated carbocycles. The molecule has 2 amide bonds. The minimum atomic E-state index is -0.216. The summed E-state index contributed by atoms with van der Waals surface area (Å²) in [5.41, 5.74) is 3.73. The van der Waals surface area contributed by atoms with Crippen molar-refractivity contribution >= 4 is 34.0 Å². The van der Waals surface area contributed by atoms with Crippen molar-refractivity contribution in [3.8, 4) is 0 Å². The molecule has 1 atom stereocenters. The number of aryl methyl sites for hydroxylation is 2. The maximum absolute atomic E-state index is 12.5. The largest absolute Gasteiger partial charge is 0.312 e. The van der Waals surface area contributed by atoms with Crippen LogP contribution in [0.25, 0.3) is 0 Å². The van der Waals surface area contributed by atoms with Gasteiger partial charge in [-0.1, -0.05) is 46.7 Å². The van der Waals surface area contributed by atoms with Crippen LogP contribution < -0.4 is 10.2 Å². The Morgan fingerprint density at radius 3 is 2.36 bits per heavy atom. The van der Waals surface area contributed by atoms with E-state index >= 15 is 0 Å². The third kappa shape index (κ3) is 3.80. The molecule has 0 aliphatic carbocycles. The second-order valence-electron chi connectivity index (χ2n) is 7.01. The second-order valence-corrected chi connectivity index (χ2v) is 8.02. The Morgan fingerprint density at radius 1 is 1.04 bits per heavy atom. The number of carbonyl (C=O) groups excluding carboxylic acids is 2. The maximum atomic E-state index is 12.5. The van der Waals surface area contributed by atoms with Crippen LogP contribution in [0.15, 0.2) is 48.5 Å². The van der Waals surface area contributed by atoms with Gasteiger partial charge in [-0.2, -0.15) is 0 Å². The van der Waals surface area contributed by atoms with Crippen molar-refractivity contribution in [1.82, 2.24) is 10.2 Å². The third-order valence-electron chi connectivity index (χ3n) is 4.79. The minimum Gasteiger partial charge on any atom is -0.312 e. The van der Waals surface area contributed by atoms with Crippen molar-refractivity contribution in [3.05, 3.63) is 70.2 Å². The summed E-state index contributed by atoms with van der Waals surface area (Å²) < 4.78 is 0. The van der Waals surface area contributed by atoms with Crippen LogP contribution in [0.3, 0.4) is 0 Å². The molecule has 4 rings (SSSR count). The predicted octanol–water partition coefficient (Wildman–Crippen LogP) is 3.93. The summed E-state index contributed by atoms with van der Waals surface area (Å²) >= 11 is 1.32. The first-order valence-electron chi connectivity index (χ1n) is 9.08. The summed E-state index contributed by atoms with van der Waals surface area (Å²) in [4.78, 5) is 26.6. The van der Waals surface area contributed by atoms with Crippen molar-refractivity contribution in [2.45, 2.75) is 26.2 Å². The van der Waals surface area contributed by atoms with E-state index < -0.39 is 0 Å². The van der Waals surface area contributed by atoms with Gasteiger partial charge in [-0.05, 0) is 38.1 Å². The average molecular weight is 392 g/mol. The van der Waals surface area contributed by atoms with Crippen LogP contribution in [-0.4, -0.2) is 28.6 Å². The van der Waals surface area contributed by atoms with Crippen LogP contribution in [0.2, 0.25) is 0 Å². The van der Waals surface area contributed by atoms with Crippen molar-refractivity contribution in [2.75, 3.05) is 16.8 Å². The SMILES string of the molecule is Cc1ccc(C(=O)Nc2nnc([C@@H]3CC(=O)N(c4ccc(C)cc4)C3)s2)cc1. The van der Waals surface area contributed by atoms with Gasteiger partial charge in [0.25, 0.3) is 5.91 Å². The Labute approximate surface area is 167 Å². The molecule has 0 unspecified atom stereocenters. The first-order valence-corrected chi connectivity index (χ1v) is 9.90. The van der Waals surface area contributed by atoms with Crippen molar-refractivity contribution in [1.29, 1.82) is 0 Å². The molecule has 0 bridgehead atoms. The maximum Gasteiger partial charge on any atom is 0.257 e. The Hall–Kier alpha value is -3.06. The van der Waals surface area contributed by atoms with E-state index in [1.165, 1.54) is 11.3 Å². The standard InChI is InChI=1S/C21H20N4O2S/c1-13-3-7-15(8-4-13)19(27)22-21-24-23-20(28-21)16-11-18(26)25(12-16)17-9-5-14(2)6-10-17/h3-10,16H,11-12H2,1-2H3,(H,22,24,27)/t16-/m1/s1. The van der Waals surface area contributed by atoms with E-state index in [1.54, 1.807) is 17.0 Å². The zero-order valence-corrected chi connectivity index (χ0v) is 16.5. The number of benzene rings is 2. The third-order valence-corrected chi connectivity index (χ3v) is 5.80. The number of aromatic nitrogens is 2. The van der Waals surface area contributed by atoms with E-state index in [9.17, 15) is 9.59 Å². The number of nitrogens with zero attached hydrogens (tertiary/aromatic N) is 3. The number of anilines is 2. The molecular formula is C21H20N4O2S. The molecule has 28 heavy (non-hydrogen) atoms. The Balaban J connectivity index is 1.44. The van der Waals surface area contributed by atoms with Gasteiger partial charge in [0.15, 0.2) is 0 Å². The highest BCUT2D eigenvalue weighted by molar-refractivity contribution is 7.15. The molecule has 1 N–H and O–H groups in total. The number of hydrogen-bond donors (Lipinski definition) is 1. The Kier molecular flexibility index (Phi) is 4.92. The highest BCUT2D eigenvalue weighted by atomic mass is 32.1. The van der Waals surface area contributed by atoms with Gasteiger partial charge < -0.3 is 4.90 Å². The average Bonchev–Trinajstić information content (AvgIpc) is 3.29. The summed E-state index contributed by atoms with van der Waals surface area (Å²) in [5.74, 6) is -0.155. The van der Waals surface area contributed by atoms with Gasteiger partial charge in [0.2, 0.25) is 11.0 Å². The van der Waals surface area contributed by atoms with E-state index in [2.05, 4.69) is 15.5 Å². The molecule has 0 radical (unpaired) electrons. The zero-order chi connectivity index (χ0) is 19.7. The lowest BCUT2D eigenvalue weighted by Gasteiger charge is -2.16. The van der Waals surface area contributed by atoms with E-state index in [4.69, 9.17) is 0 Å². The van der Waals surface area contributed by atoms with Crippen LogP contribution in [0.1, 0.15) is 38.8 Å². The van der Waals surface area contributed by atoms with Gasteiger partial charge in [-0.15, -0.1) is 10.2 Å².